The molecule has 0 aliphatic heterocycles. The van der Waals surface area contributed by atoms with Crippen LogP contribution in [-0.2, 0) is 0 Å². The molecule has 0 bridgehead atoms. The van der Waals surface area contributed by atoms with Crippen molar-refractivity contribution >= 4 is 22.9 Å². The summed E-state index contributed by atoms with van der Waals surface area (Å²) in [6.07, 6.45) is 4.62. The first-order valence-corrected chi connectivity index (χ1v) is 10.2. The minimum Gasteiger partial charge on any atom is -0.384 e. The summed E-state index contributed by atoms with van der Waals surface area (Å²) in [6, 6.07) is 3.77. The van der Waals surface area contributed by atoms with Gasteiger partial charge in [0.1, 0.15) is 0 Å². The molecule has 1 aliphatic rings. The molecule has 160 valence electrons. The van der Waals surface area contributed by atoms with Gasteiger partial charge in [0, 0.05) is 24.5 Å². The standard InChI is InChI=1S/C22H30N6O2/c1-27(2)11-5-9-23-17-7-8-18(24-10-6-12-28(3)4)20-19(17)21(29)15-13-25-26-14-16(15)22(20)30/h7-8,13-14,23-24H,5-6,9-12H2,1-4H3. The lowest BCUT2D eigenvalue weighted by Gasteiger charge is -2.23. The van der Waals surface area contributed by atoms with E-state index in [1.807, 2.05) is 40.3 Å². The van der Waals surface area contributed by atoms with Crippen molar-refractivity contribution < 1.29 is 9.59 Å². The van der Waals surface area contributed by atoms with Crippen LogP contribution in [0.4, 0.5) is 11.4 Å². The molecule has 2 aromatic rings. The van der Waals surface area contributed by atoms with Crippen molar-refractivity contribution in [2.75, 3.05) is 65.0 Å². The predicted octanol–water partition coefficient (Wildman–Crippen LogP) is 1.98. The summed E-state index contributed by atoms with van der Waals surface area (Å²) in [7, 11) is 8.11. The fourth-order valence-corrected chi connectivity index (χ4v) is 3.56. The third-order valence-electron chi connectivity index (χ3n) is 5.07. The van der Waals surface area contributed by atoms with Crippen LogP contribution in [0.25, 0.3) is 0 Å². The fraction of sp³-hybridized carbons (Fsp3) is 0.455. The molecule has 2 N–H and O–H groups in total. The SMILES string of the molecule is CN(C)CCCNc1ccc(NCCCN(C)C)c2c1C(=O)c1cnncc1C2=O. The molecule has 0 saturated carbocycles. The number of carbonyl (C=O) groups excluding carboxylic acids is 2. The normalized spacial score (nSPS) is 12.9. The van der Waals surface area contributed by atoms with Gasteiger partial charge in [-0.1, -0.05) is 0 Å². The number of aromatic nitrogens is 2. The highest BCUT2D eigenvalue weighted by Gasteiger charge is 2.34. The molecular formula is C22H30N6O2. The molecule has 3 rings (SSSR count). The summed E-state index contributed by atoms with van der Waals surface area (Å²) in [4.78, 5) is 30.8. The van der Waals surface area contributed by atoms with Crippen LogP contribution in [-0.4, -0.2) is 85.9 Å². The Kier molecular flexibility index (Phi) is 7.12. The van der Waals surface area contributed by atoms with Crippen molar-refractivity contribution in [3.8, 4) is 0 Å². The fourth-order valence-electron chi connectivity index (χ4n) is 3.56. The Morgan fingerprint density at radius 3 is 1.50 bits per heavy atom. The van der Waals surface area contributed by atoms with Crippen molar-refractivity contribution in [3.05, 3.63) is 46.8 Å². The first-order valence-electron chi connectivity index (χ1n) is 10.2. The Labute approximate surface area is 177 Å². The number of anilines is 2. The molecule has 0 unspecified atom stereocenters. The van der Waals surface area contributed by atoms with Gasteiger partial charge >= 0.3 is 0 Å². The maximum atomic E-state index is 13.3. The zero-order chi connectivity index (χ0) is 21.7. The van der Waals surface area contributed by atoms with Gasteiger partial charge in [-0.2, -0.15) is 10.2 Å². The zero-order valence-corrected chi connectivity index (χ0v) is 18.2. The van der Waals surface area contributed by atoms with Gasteiger partial charge in [-0.25, -0.2) is 0 Å². The van der Waals surface area contributed by atoms with E-state index in [-0.39, 0.29) is 11.6 Å². The summed E-state index contributed by atoms with van der Waals surface area (Å²) in [5.41, 5.74) is 2.82. The molecule has 0 radical (unpaired) electrons. The molecule has 1 aromatic heterocycles. The van der Waals surface area contributed by atoms with E-state index in [2.05, 4.69) is 30.6 Å². The Balaban J connectivity index is 1.92. The minimum atomic E-state index is -0.193. The number of rotatable bonds is 10. The van der Waals surface area contributed by atoms with Crippen molar-refractivity contribution in [1.82, 2.24) is 20.0 Å². The minimum absolute atomic E-state index is 0.193. The van der Waals surface area contributed by atoms with Gasteiger partial charge in [-0.05, 0) is 66.3 Å². The van der Waals surface area contributed by atoms with Crippen molar-refractivity contribution in [2.45, 2.75) is 12.8 Å². The molecule has 30 heavy (non-hydrogen) atoms. The second-order valence-corrected chi connectivity index (χ2v) is 8.05. The second kappa shape index (κ2) is 9.77. The quantitative estimate of drug-likeness (QED) is 0.491. The zero-order valence-electron chi connectivity index (χ0n) is 18.2. The molecule has 0 saturated heterocycles. The summed E-state index contributed by atoms with van der Waals surface area (Å²) in [5, 5.41) is 14.3. The van der Waals surface area contributed by atoms with Crippen LogP contribution in [0.15, 0.2) is 24.5 Å². The lowest BCUT2D eigenvalue weighted by molar-refractivity contribution is 0.0979. The molecule has 0 fully saturated rings. The van der Waals surface area contributed by atoms with E-state index in [1.165, 1.54) is 12.4 Å². The average molecular weight is 411 g/mol. The van der Waals surface area contributed by atoms with E-state index in [9.17, 15) is 9.59 Å². The first kappa shape index (κ1) is 21.9. The van der Waals surface area contributed by atoms with E-state index in [4.69, 9.17) is 0 Å². The molecule has 1 aromatic carbocycles. The number of fused-ring (bicyclic) bond motifs is 2. The van der Waals surface area contributed by atoms with Crippen LogP contribution in [0.5, 0.6) is 0 Å². The number of nitrogens with zero attached hydrogens (tertiary/aromatic N) is 4. The third kappa shape index (κ3) is 4.83. The van der Waals surface area contributed by atoms with Crippen molar-refractivity contribution in [2.24, 2.45) is 0 Å². The Morgan fingerprint density at radius 1 is 0.733 bits per heavy atom. The van der Waals surface area contributed by atoms with E-state index in [0.29, 0.717) is 46.7 Å². The van der Waals surface area contributed by atoms with Crippen LogP contribution >= 0.6 is 0 Å². The molecule has 8 heteroatoms. The highest BCUT2D eigenvalue weighted by atomic mass is 16.1. The molecule has 0 spiro atoms. The Hall–Kier alpha value is -2.84. The molecule has 0 amide bonds. The second-order valence-electron chi connectivity index (χ2n) is 8.05. The molecule has 8 nitrogen and oxygen atoms in total. The monoisotopic (exact) mass is 410 g/mol. The van der Waals surface area contributed by atoms with Gasteiger partial charge in [0.2, 0.25) is 0 Å². The highest BCUT2D eigenvalue weighted by Crippen LogP contribution is 2.36. The molecule has 0 atom stereocenters. The van der Waals surface area contributed by atoms with Gasteiger partial charge in [-0.15, -0.1) is 0 Å². The maximum absolute atomic E-state index is 13.3. The van der Waals surface area contributed by atoms with Crippen LogP contribution in [0.3, 0.4) is 0 Å². The van der Waals surface area contributed by atoms with Crippen LogP contribution < -0.4 is 10.6 Å². The predicted molar refractivity (Wildman–Crippen MR) is 119 cm³/mol. The van der Waals surface area contributed by atoms with Gasteiger partial charge in [0.15, 0.2) is 11.6 Å². The number of carbonyl (C=O) groups is 2. The summed E-state index contributed by atoms with van der Waals surface area (Å²) in [5.74, 6) is -0.386. The van der Waals surface area contributed by atoms with Crippen molar-refractivity contribution in [1.29, 1.82) is 0 Å². The van der Waals surface area contributed by atoms with Crippen molar-refractivity contribution in [3.63, 3.8) is 0 Å². The van der Waals surface area contributed by atoms with Gasteiger partial charge < -0.3 is 20.4 Å². The highest BCUT2D eigenvalue weighted by molar-refractivity contribution is 6.31. The molecular weight excluding hydrogens is 380 g/mol. The summed E-state index contributed by atoms with van der Waals surface area (Å²) >= 11 is 0. The number of benzene rings is 1. The summed E-state index contributed by atoms with van der Waals surface area (Å²) in [6.45, 7) is 3.30. The molecule has 1 heterocycles. The summed E-state index contributed by atoms with van der Waals surface area (Å²) < 4.78 is 0. The number of hydrogen-bond donors (Lipinski definition) is 2. The van der Waals surface area contributed by atoms with Crippen LogP contribution in [0.1, 0.15) is 44.7 Å². The Bertz CT molecular complexity index is 852. The third-order valence-corrected chi connectivity index (χ3v) is 5.07. The van der Waals surface area contributed by atoms with Crippen LogP contribution in [0, 0.1) is 0 Å². The smallest absolute Gasteiger partial charge is 0.198 e. The number of hydrogen-bond acceptors (Lipinski definition) is 8. The Morgan fingerprint density at radius 2 is 1.13 bits per heavy atom. The van der Waals surface area contributed by atoms with E-state index in [1.54, 1.807) is 0 Å². The number of nitrogens with one attached hydrogen (secondary N) is 2. The van der Waals surface area contributed by atoms with E-state index < -0.39 is 0 Å². The lowest BCUT2D eigenvalue weighted by atomic mass is 9.83. The largest absolute Gasteiger partial charge is 0.384 e. The first-order chi connectivity index (χ1) is 14.4. The number of ketones is 2. The lowest BCUT2D eigenvalue weighted by Crippen LogP contribution is -2.26. The van der Waals surface area contributed by atoms with Gasteiger partial charge in [0.25, 0.3) is 0 Å². The molecule has 1 aliphatic carbocycles. The topological polar surface area (TPSA) is 90.5 Å². The average Bonchev–Trinajstić information content (AvgIpc) is 2.72. The van der Waals surface area contributed by atoms with Gasteiger partial charge in [-0.3, -0.25) is 9.59 Å². The van der Waals surface area contributed by atoms with E-state index >= 15 is 0 Å². The van der Waals surface area contributed by atoms with Crippen LogP contribution in [0.2, 0.25) is 0 Å². The van der Waals surface area contributed by atoms with E-state index in [0.717, 1.165) is 25.9 Å². The van der Waals surface area contributed by atoms with Gasteiger partial charge in [0.05, 0.1) is 34.6 Å². The maximum Gasteiger partial charge on any atom is 0.198 e.